The number of benzene rings is 1. The van der Waals surface area contributed by atoms with E-state index >= 15 is 0 Å². The first-order valence-electron chi connectivity index (χ1n) is 7.02. The number of rotatable bonds is 3. The molecule has 1 unspecified atom stereocenters. The lowest BCUT2D eigenvalue weighted by atomic mass is 9.94. The minimum atomic E-state index is -0.486. The summed E-state index contributed by atoms with van der Waals surface area (Å²) in [6.45, 7) is 3.79. The lowest BCUT2D eigenvalue weighted by Crippen LogP contribution is -2.47. The van der Waals surface area contributed by atoms with Gasteiger partial charge in [0.2, 0.25) is 0 Å². The van der Waals surface area contributed by atoms with Gasteiger partial charge in [-0.25, -0.2) is 9.59 Å². The van der Waals surface area contributed by atoms with Gasteiger partial charge in [-0.2, -0.15) is 0 Å². The molecule has 1 aromatic rings. The minimum absolute atomic E-state index is 0.175. The third kappa shape index (κ3) is 2.81. The molecule has 0 bridgehead atoms. The molecule has 2 rings (SSSR count). The molecular weight excluding hydrogens is 304 g/mol. The summed E-state index contributed by atoms with van der Waals surface area (Å²) in [5.41, 5.74) is 1.88. The van der Waals surface area contributed by atoms with Crippen LogP contribution in [0.2, 0.25) is 5.02 Å². The molecule has 1 atom stereocenters. The maximum Gasteiger partial charge on any atom is 0.338 e. The maximum absolute atomic E-state index is 12.4. The zero-order chi connectivity index (χ0) is 16.4. The number of hydrogen-bond acceptors (Lipinski definition) is 3. The summed E-state index contributed by atoms with van der Waals surface area (Å²) in [7, 11) is 3.31. The number of allylic oxidation sites excluding steroid dienone is 1. The zero-order valence-corrected chi connectivity index (χ0v) is 13.8. The molecule has 1 aliphatic rings. The molecule has 0 aliphatic carbocycles. The average Bonchev–Trinajstić information content (AvgIpc) is 2.50. The van der Waals surface area contributed by atoms with Gasteiger partial charge in [-0.1, -0.05) is 23.7 Å². The fraction of sp³-hybridized carbons (Fsp3) is 0.375. The third-order valence-electron chi connectivity index (χ3n) is 3.82. The number of ether oxygens (including phenoxy) is 1. The highest BCUT2D eigenvalue weighted by atomic mass is 35.5. The second kappa shape index (κ2) is 6.40. The summed E-state index contributed by atoms with van der Waals surface area (Å²) in [6, 6.07) is 6.45. The van der Waals surface area contributed by atoms with Crippen LogP contribution >= 0.6 is 11.6 Å². The van der Waals surface area contributed by atoms with Crippen LogP contribution in [-0.2, 0) is 9.53 Å². The van der Waals surface area contributed by atoms with Crippen LogP contribution in [0.15, 0.2) is 35.5 Å². The number of halogens is 1. The Labute approximate surface area is 135 Å². The Morgan fingerprint density at radius 2 is 1.86 bits per heavy atom. The van der Waals surface area contributed by atoms with Gasteiger partial charge in [-0.05, 0) is 31.5 Å². The topological polar surface area (TPSA) is 49.9 Å². The molecule has 0 aromatic heterocycles. The van der Waals surface area contributed by atoms with E-state index in [2.05, 4.69) is 0 Å². The van der Waals surface area contributed by atoms with Gasteiger partial charge in [0.25, 0.3) is 0 Å². The van der Waals surface area contributed by atoms with E-state index in [1.807, 2.05) is 12.1 Å². The van der Waals surface area contributed by atoms with Crippen LogP contribution < -0.4 is 0 Å². The van der Waals surface area contributed by atoms with E-state index < -0.39 is 12.0 Å². The number of carbonyl (C=O) groups excluding carboxylic acids is 2. The van der Waals surface area contributed by atoms with E-state index in [-0.39, 0.29) is 12.6 Å². The Hall–Kier alpha value is -2.01. The summed E-state index contributed by atoms with van der Waals surface area (Å²) >= 11 is 5.92. The molecule has 118 valence electrons. The van der Waals surface area contributed by atoms with Crippen LogP contribution in [0.1, 0.15) is 25.5 Å². The highest BCUT2D eigenvalue weighted by molar-refractivity contribution is 6.30. The van der Waals surface area contributed by atoms with Crippen molar-refractivity contribution in [2.75, 3.05) is 20.7 Å². The van der Waals surface area contributed by atoms with Crippen LogP contribution in [0.5, 0.6) is 0 Å². The van der Waals surface area contributed by atoms with Gasteiger partial charge in [0, 0.05) is 24.8 Å². The molecule has 0 spiro atoms. The molecule has 0 saturated carbocycles. The van der Waals surface area contributed by atoms with E-state index in [9.17, 15) is 9.59 Å². The summed E-state index contributed by atoms with van der Waals surface area (Å²) in [5.74, 6) is -0.411. The highest BCUT2D eigenvalue weighted by Crippen LogP contribution is 2.36. The first-order chi connectivity index (χ1) is 10.4. The zero-order valence-electron chi connectivity index (χ0n) is 13.1. The molecule has 5 nitrogen and oxygen atoms in total. The molecule has 1 heterocycles. The van der Waals surface area contributed by atoms with Crippen molar-refractivity contribution in [3.05, 3.63) is 46.1 Å². The summed E-state index contributed by atoms with van der Waals surface area (Å²) in [5, 5.41) is 0.601. The van der Waals surface area contributed by atoms with Gasteiger partial charge in [0.05, 0.1) is 18.2 Å². The second-order valence-corrected chi connectivity index (χ2v) is 5.56. The van der Waals surface area contributed by atoms with E-state index in [0.29, 0.717) is 16.3 Å². The predicted octanol–water partition coefficient (Wildman–Crippen LogP) is 3.22. The number of urea groups is 1. The molecular formula is C16H19ClN2O3. The Balaban J connectivity index is 2.57. The van der Waals surface area contributed by atoms with Crippen LogP contribution in [0.4, 0.5) is 4.79 Å². The Morgan fingerprint density at radius 1 is 1.27 bits per heavy atom. The number of carbonyl (C=O) groups is 2. The van der Waals surface area contributed by atoms with Crippen molar-refractivity contribution in [3.63, 3.8) is 0 Å². The van der Waals surface area contributed by atoms with Gasteiger partial charge >= 0.3 is 12.0 Å². The molecule has 22 heavy (non-hydrogen) atoms. The number of nitrogens with zero attached hydrogens (tertiary/aromatic N) is 2. The van der Waals surface area contributed by atoms with E-state index in [0.717, 1.165) is 5.56 Å². The summed E-state index contributed by atoms with van der Waals surface area (Å²) < 4.78 is 5.17. The number of hydrogen-bond donors (Lipinski definition) is 0. The Bertz CT molecular complexity index is 625. The normalized spacial score (nSPS) is 18.8. The smallest absolute Gasteiger partial charge is 0.338 e. The molecule has 0 radical (unpaired) electrons. The second-order valence-electron chi connectivity index (χ2n) is 5.13. The number of esters is 1. The van der Waals surface area contributed by atoms with Crippen molar-refractivity contribution in [1.29, 1.82) is 0 Å². The molecule has 2 amide bonds. The molecule has 0 N–H and O–H groups in total. The molecule has 0 saturated heterocycles. The standard InChI is InChI=1S/C16H19ClN2O3/c1-5-22-15(20)13-10(2)18(3)16(21)19(4)14(13)11-6-8-12(17)9-7-11/h6-9,14H,5H2,1-4H3. The SMILES string of the molecule is CCOC(=O)C1=C(C)N(C)C(=O)N(C)C1c1ccc(Cl)cc1. The van der Waals surface area contributed by atoms with Gasteiger partial charge in [0.15, 0.2) is 0 Å². The van der Waals surface area contributed by atoms with E-state index in [1.165, 1.54) is 9.80 Å². The largest absolute Gasteiger partial charge is 0.463 e. The highest BCUT2D eigenvalue weighted by Gasteiger charge is 2.39. The molecule has 1 aliphatic heterocycles. The van der Waals surface area contributed by atoms with Crippen molar-refractivity contribution < 1.29 is 14.3 Å². The lowest BCUT2D eigenvalue weighted by molar-refractivity contribution is -0.139. The summed E-state index contributed by atoms with van der Waals surface area (Å²) in [4.78, 5) is 27.7. The van der Waals surface area contributed by atoms with Crippen molar-refractivity contribution >= 4 is 23.6 Å². The fourth-order valence-electron chi connectivity index (χ4n) is 2.57. The Morgan fingerprint density at radius 3 is 2.41 bits per heavy atom. The van der Waals surface area contributed by atoms with Crippen LogP contribution in [0.25, 0.3) is 0 Å². The quantitative estimate of drug-likeness (QED) is 0.803. The van der Waals surface area contributed by atoms with Crippen molar-refractivity contribution in [2.24, 2.45) is 0 Å². The van der Waals surface area contributed by atoms with Crippen LogP contribution in [0.3, 0.4) is 0 Å². The first-order valence-corrected chi connectivity index (χ1v) is 7.40. The monoisotopic (exact) mass is 322 g/mol. The summed E-state index contributed by atoms with van der Waals surface area (Å²) in [6.07, 6.45) is 0. The minimum Gasteiger partial charge on any atom is -0.463 e. The Kier molecular flexibility index (Phi) is 4.76. The maximum atomic E-state index is 12.4. The lowest BCUT2D eigenvalue weighted by Gasteiger charge is -2.39. The molecule has 0 fully saturated rings. The third-order valence-corrected chi connectivity index (χ3v) is 4.08. The number of likely N-dealkylation sites (N-methyl/N-ethyl adjacent to an activating group) is 1. The number of amides is 2. The van der Waals surface area contributed by atoms with Gasteiger partial charge in [-0.3, -0.25) is 0 Å². The van der Waals surface area contributed by atoms with Gasteiger partial charge in [-0.15, -0.1) is 0 Å². The average molecular weight is 323 g/mol. The van der Waals surface area contributed by atoms with E-state index in [1.54, 1.807) is 40.1 Å². The van der Waals surface area contributed by atoms with Gasteiger partial charge < -0.3 is 14.5 Å². The first kappa shape index (κ1) is 16.4. The van der Waals surface area contributed by atoms with Crippen LogP contribution in [-0.4, -0.2) is 42.5 Å². The van der Waals surface area contributed by atoms with Crippen molar-refractivity contribution in [1.82, 2.24) is 9.80 Å². The van der Waals surface area contributed by atoms with Crippen LogP contribution in [0, 0.1) is 0 Å². The fourth-order valence-corrected chi connectivity index (χ4v) is 2.69. The van der Waals surface area contributed by atoms with Crippen molar-refractivity contribution in [3.8, 4) is 0 Å². The molecule has 6 heteroatoms. The predicted molar refractivity (Wildman–Crippen MR) is 84.4 cm³/mol. The van der Waals surface area contributed by atoms with Gasteiger partial charge in [0.1, 0.15) is 0 Å². The molecule has 1 aromatic carbocycles. The van der Waals surface area contributed by atoms with E-state index in [4.69, 9.17) is 16.3 Å². The van der Waals surface area contributed by atoms with Crippen molar-refractivity contribution in [2.45, 2.75) is 19.9 Å².